The molecule has 0 spiro atoms. The lowest BCUT2D eigenvalue weighted by Crippen LogP contribution is -2.07. The molecule has 0 amide bonds. The number of alkyl halides is 3. The molecule has 0 unspecified atom stereocenters. The van der Waals surface area contributed by atoms with Crippen LogP contribution in [0, 0.1) is 0 Å². The minimum atomic E-state index is -4.84. The van der Waals surface area contributed by atoms with Crippen LogP contribution in [0.15, 0.2) is 24.2 Å². The summed E-state index contributed by atoms with van der Waals surface area (Å²) in [6, 6.07) is 0. The van der Waals surface area contributed by atoms with Gasteiger partial charge in [-0.05, 0) is 31.5 Å². The van der Waals surface area contributed by atoms with Crippen LogP contribution >= 0.6 is 0 Å². The molecule has 0 aliphatic heterocycles. The number of hydrogen-bond donors (Lipinski definition) is 1. The van der Waals surface area contributed by atoms with Crippen LogP contribution in [0.3, 0.4) is 0 Å². The molecule has 5 heteroatoms. The predicted octanol–water partition coefficient (Wildman–Crippen LogP) is 3.04. The molecule has 0 bridgehead atoms. The highest BCUT2D eigenvalue weighted by molar-refractivity contribution is 4.98. The fourth-order valence-corrected chi connectivity index (χ4v) is 0.676. The van der Waals surface area contributed by atoms with E-state index in [0.717, 1.165) is 0 Å². The fraction of sp³-hybridized carbons (Fsp3) is 0.500. The van der Waals surface area contributed by atoms with Gasteiger partial charge in [0.25, 0.3) is 0 Å². The van der Waals surface area contributed by atoms with Gasteiger partial charge in [0.2, 0.25) is 0 Å². The zero-order valence-electron chi connectivity index (χ0n) is 6.94. The summed E-state index contributed by atoms with van der Waals surface area (Å²) in [6.45, 7) is 0. The average Bonchev–Trinajstić information content (AvgIpc) is 2.02. The third kappa shape index (κ3) is 6.19. The van der Waals surface area contributed by atoms with Gasteiger partial charge in [-0.3, -0.25) is 0 Å². The molecule has 0 rings (SSSR count). The number of unbranched alkanes of at least 4 members (excludes halogenated alkanes) is 2. The fourth-order valence-electron chi connectivity index (χ4n) is 0.676. The maximum atomic E-state index is 12.1. The Balaban J connectivity index is 3.72. The van der Waals surface area contributed by atoms with Crippen molar-refractivity contribution in [3.63, 3.8) is 0 Å². The Bertz CT molecular complexity index is 193. The molecule has 0 fully saturated rings. The van der Waals surface area contributed by atoms with Crippen molar-refractivity contribution in [2.75, 3.05) is 0 Å². The van der Waals surface area contributed by atoms with Gasteiger partial charge in [-0.1, -0.05) is 6.08 Å². The summed E-state index contributed by atoms with van der Waals surface area (Å²) in [5, 5.41) is 0. The van der Waals surface area contributed by atoms with E-state index in [1.165, 1.54) is 6.20 Å². The highest BCUT2D eigenvalue weighted by atomic mass is 19.4. The van der Waals surface area contributed by atoms with E-state index in [9.17, 15) is 17.6 Å². The lowest BCUT2D eigenvalue weighted by Gasteiger charge is -2.01. The summed E-state index contributed by atoms with van der Waals surface area (Å²) in [7, 11) is 0. The number of nitrogens with two attached hydrogens (primary N) is 1. The lowest BCUT2D eigenvalue weighted by atomic mass is 10.2. The minimum Gasteiger partial charge on any atom is -0.405 e. The Hall–Kier alpha value is -1.00. The second-order valence-corrected chi connectivity index (χ2v) is 2.41. The maximum Gasteiger partial charge on any atom is 0.442 e. The first kappa shape index (κ1) is 12.0. The van der Waals surface area contributed by atoms with Crippen LogP contribution in [-0.4, -0.2) is 6.18 Å². The number of halogens is 4. The number of allylic oxidation sites excluding steroid dienone is 3. The monoisotopic (exact) mass is 197 g/mol. The van der Waals surface area contributed by atoms with Crippen molar-refractivity contribution < 1.29 is 17.6 Å². The van der Waals surface area contributed by atoms with E-state index in [2.05, 4.69) is 0 Å². The Kier molecular flexibility index (Phi) is 5.18. The first-order valence-electron chi connectivity index (χ1n) is 3.78. The zero-order chi connectivity index (χ0) is 10.3. The van der Waals surface area contributed by atoms with Gasteiger partial charge in [0, 0.05) is 0 Å². The third-order valence-corrected chi connectivity index (χ3v) is 1.31. The highest BCUT2D eigenvalue weighted by Crippen LogP contribution is 2.26. The van der Waals surface area contributed by atoms with Crippen LogP contribution in [-0.2, 0) is 0 Å². The molecule has 0 atom stereocenters. The van der Waals surface area contributed by atoms with Gasteiger partial charge < -0.3 is 5.73 Å². The third-order valence-electron chi connectivity index (χ3n) is 1.31. The largest absolute Gasteiger partial charge is 0.442 e. The minimum absolute atomic E-state index is 0.0652. The molecule has 0 aromatic heterocycles. The van der Waals surface area contributed by atoms with Gasteiger partial charge in [0.15, 0.2) is 5.83 Å². The van der Waals surface area contributed by atoms with Crippen LogP contribution in [0.4, 0.5) is 17.6 Å². The van der Waals surface area contributed by atoms with Gasteiger partial charge in [-0.15, -0.1) is 0 Å². The number of hydrogen-bond acceptors (Lipinski definition) is 1. The molecule has 0 heterocycles. The van der Waals surface area contributed by atoms with E-state index in [1.54, 1.807) is 6.08 Å². The van der Waals surface area contributed by atoms with E-state index < -0.39 is 12.0 Å². The van der Waals surface area contributed by atoms with Crippen LogP contribution < -0.4 is 5.73 Å². The van der Waals surface area contributed by atoms with Gasteiger partial charge in [0.1, 0.15) is 0 Å². The van der Waals surface area contributed by atoms with Crippen LogP contribution in [0.5, 0.6) is 0 Å². The summed E-state index contributed by atoms with van der Waals surface area (Å²) in [5.74, 6) is -2.02. The van der Waals surface area contributed by atoms with Crippen molar-refractivity contribution in [3.8, 4) is 0 Å². The molecule has 13 heavy (non-hydrogen) atoms. The molecule has 76 valence electrons. The lowest BCUT2D eigenvalue weighted by molar-refractivity contribution is -0.109. The van der Waals surface area contributed by atoms with Crippen LogP contribution in [0.1, 0.15) is 19.3 Å². The first-order chi connectivity index (χ1) is 5.98. The molecule has 0 aliphatic carbocycles. The molecule has 0 radical (unpaired) electrons. The van der Waals surface area contributed by atoms with Crippen LogP contribution in [0.2, 0.25) is 0 Å². The van der Waals surface area contributed by atoms with Gasteiger partial charge in [-0.2, -0.15) is 13.2 Å². The van der Waals surface area contributed by atoms with Crippen molar-refractivity contribution >= 4 is 0 Å². The Labute approximate surface area is 73.9 Å². The second kappa shape index (κ2) is 5.61. The Morgan fingerprint density at radius 1 is 1.23 bits per heavy atom. The van der Waals surface area contributed by atoms with Crippen molar-refractivity contribution in [2.45, 2.75) is 25.4 Å². The average molecular weight is 197 g/mol. The summed E-state index contributed by atoms with van der Waals surface area (Å²) >= 11 is 0. The molecular weight excluding hydrogens is 186 g/mol. The topological polar surface area (TPSA) is 26.0 Å². The predicted molar refractivity (Wildman–Crippen MR) is 42.4 cm³/mol. The van der Waals surface area contributed by atoms with Gasteiger partial charge in [0.05, 0.1) is 0 Å². The van der Waals surface area contributed by atoms with E-state index in [-0.39, 0.29) is 6.42 Å². The standard InChI is InChI=1S/C8H11F4N/c9-7(8(10,11)12)5-3-1-2-4-6-13/h4-6H,1-3,13H2. The molecular formula is C8H11F4N. The summed E-state index contributed by atoms with van der Waals surface area (Å²) in [6.07, 6.45) is -0.303. The summed E-state index contributed by atoms with van der Waals surface area (Å²) in [4.78, 5) is 0. The van der Waals surface area contributed by atoms with E-state index in [4.69, 9.17) is 5.73 Å². The van der Waals surface area contributed by atoms with E-state index >= 15 is 0 Å². The van der Waals surface area contributed by atoms with Crippen molar-refractivity contribution in [1.29, 1.82) is 0 Å². The first-order valence-corrected chi connectivity index (χ1v) is 3.78. The zero-order valence-corrected chi connectivity index (χ0v) is 6.94. The van der Waals surface area contributed by atoms with Crippen molar-refractivity contribution in [1.82, 2.24) is 0 Å². The second-order valence-electron chi connectivity index (χ2n) is 2.41. The van der Waals surface area contributed by atoms with Crippen molar-refractivity contribution in [2.24, 2.45) is 5.73 Å². The molecule has 0 aromatic rings. The van der Waals surface area contributed by atoms with Gasteiger partial charge >= 0.3 is 6.18 Å². The smallest absolute Gasteiger partial charge is 0.405 e. The maximum absolute atomic E-state index is 12.1. The highest BCUT2D eigenvalue weighted by Gasteiger charge is 2.33. The molecule has 0 aliphatic rings. The summed E-state index contributed by atoms with van der Waals surface area (Å²) < 4.78 is 46.8. The summed E-state index contributed by atoms with van der Waals surface area (Å²) in [5.41, 5.74) is 4.99. The Morgan fingerprint density at radius 3 is 2.31 bits per heavy atom. The SMILES string of the molecule is NC=CCCCC=C(F)C(F)(F)F. The molecule has 1 nitrogen and oxygen atoms in total. The van der Waals surface area contributed by atoms with Crippen LogP contribution in [0.25, 0.3) is 0 Å². The van der Waals surface area contributed by atoms with Crippen molar-refractivity contribution in [3.05, 3.63) is 24.2 Å². The van der Waals surface area contributed by atoms with E-state index in [0.29, 0.717) is 18.9 Å². The molecule has 0 saturated heterocycles. The normalized spacial score (nSPS) is 14.0. The molecule has 0 saturated carbocycles. The Morgan fingerprint density at radius 2 is 1.85 bits per heavy atom. The van der Waals surface area contributed by atoms with E-state index in [1.807, 2.05) is 0 Å². The van der Waals surface area contributed by atoms with Gasteiger partial charge in [-0.25, -0.2) is 4.39 Å². The molecule has 2 N–H and O–H groups in total. The molecule has 0 aromatic carbocycles. The quantitative estimate of drug-likeness (QED) is 0.544. The number of rotatable bonds is 4.